The van der Waals surface area contributed by atoms with Crippen molar-refractivity contribution >= 4 is 17.5 Å². The zero-order valence-corrected chi connectivity index (χ0v) is 12.7. The topological polar surface area (TPSA) is 67.2 Å². The Bertz CT molecular complexity index is 709. The second-order valence-electron chi connectivity index (χ2n) is 5.09. The lowest BCUT2D eigenvalue weighted by atomic mass is 10.1. The van der Waals surface area contributed by atoms with Gasteiger partial charge in [0.2, 0.25) is 0 Å². The Balaban J connectivity index is 1.65. The average Bonchev–Trinajstić information content (AvgIpc) is 3.04. The van der Waals surface area contributed by atoms with E-state index in [0.717, 1.165) is 25.1 Å². The summed E-state index contributed by atoms with van der Waals surface area (Å²) in [6.07, 6.45) is 3.05. The molecule has 1 aromatic carbocycles. The predicted molar refractivity (Wildman–Crippen MR) is 84.9 cm³/mol. The molecule has 0 unspecified atom stereocenters. The first kappa shape index (κ1) is 14.8. The molecular formula is C16H16ClN3O2. The van der Waals surface area contributed by atoms with Gasteiger partial charge in [-0.05, 0) is 25.1 Å². The second-order valence-corrected chi connectivity index (χ2v) is 5.52. The molecule has 1 amide bonds. The van der Waals surface area contributed by atoms with Crippen molar-refractivity contribution in [2.24, 2.45) is 0 Å². The fourth-order valence-electron chi connectivity index (χ4n) is 2.27. The van der Waals surface area contributed by atoms with Crippen LogP contribution in [0.3, 0.4) is 0 Å². The van der Waals surface area contributed by atoms with Gasteiger partial charge >= 0.3 is 0 Å². The Morgan fingerprint density at radius 2 is 2.32 bits per heavy atom. The predicted octanol–water partition coefficient (Wildman–Crippen LogP) is 2.64. The number of hydrogen-bond donors (Lipinski definition) is 2. The van der Waals surface area contributed by atoms with Crippen LogP contribution in [0.1, 0.15) is 16.9 Å². The average molecular weight is 318 g/mol. The summed E-state index contributed by atoms with van der Waals surface area (Å²) in [4.78, 5) is 12.1. The molecule has 6 heteroatoms. The maximum Gasteiger partial charge on any atom is 0.273 e. The van der Waals surface area contributed by atoms with Crippen LogP contribution in [0.15, 0.2) is 46.5 Å². The zero-order valence-electron chi connectivity index (χ0n) is 11.9. The van der Waals surface area contributed by atoms with Gasteiger partial charge in [-0.1, -0.05) is 40.5 Å². The molecule has 5 nitrogen and oxygen atoms in total. The SMILES string of the molecule is O=C(NCC1=CCNCC1)c1cc(-c2cccc(Cl)c2)on1. The molecule has 0 spiro atoms. The number of rotatable bonds is 4. The Labute approximate surface area is 133 Å². The summed E-state index contributed by atoms with van der Waals surface area (Å²) >= 11 is 5.95. The molecule has 114 valence electrons. The molecule has 1 aliphatic rings. The van der Waals surface area contributed by atoms with E-state index < -0.39 is 0 Å². The third kappa shape index (κ3) is 3.55. The lowest BCUT2D eigenvalue weighted by Crippen LogP contribution is -2.29. The normalized spacial score (nSPS) is 14.5. The molecule has 22 heavy (non-hydrogen) atoms. The van der Waals surface area contributed by atoms with Gasteiger partial charge in [-0.25, -0.2) is 0 Å². The minimum atomic E-state index is -0.239. The summed E-state index contributed by atoms with van der Waals surface area (Å²) in [5.74, 6) is 0.283. The van der Waals surface area contributed by atoms with Gasteiger partial charge < -0.3 is 15.2 Å². The minimum Gasteiger partial charge on any atom is -0.355 e. The van der Waals surface area contributed by atoms with E-state index in [-0.39, 0.29) is 11.6 Å². The van der Waals surface area contributed by atoms with Gasteiger partial charge in [-0.15, -0.1) is 0 Å². The highest BCUT2D eigenvalue weighted by Crippen LogP contribution is 2.23. The van der Waals surface area contributed by atoms with Crippen molar-refractivity contribution in [1.82, 2.24) is 15.8 Å². The molecule has 0 saturated heterocycles. The van der Waals surface area contributed by atoms with Gasteiger partial charge in [0.05, 0.1) is 0 Å². The van der Waals surface area contributed by atoms with Gasteiger partial charge in [0, 0.05) is 29.7 Å². The zero-order chi connectivity index (χ0) is 15.4. The molecule has 0 bridgehead atoms. The van der Waals surface area contributed by atoms with E-state index in [9.17, 15) is 4.79 Å². The number of aromatic nitrogens is 1. The smallest absolute Gasteiger partial charge is 0.273 e. The second kappa shape index (κ2) is 6.77. The van der Waals surface area contributed by atoms with Gasteiger partial charge in [0.15, 0.2) is 11.5 Å². The molecular weight excluding hydrogens is 302 g/mol. The number of hydrogen-bond acceptors (Lipinski definition) is 4. The molecule has 0 aliphatic carbocycles. The Kier molecular flexibility index (Phi) is 4.56. The highest BCUT2D eigenvalue weighted by atomic mass is 35.5. The van der Waals surface area contributed by atoms with Crippen LogP contribution in [-0.4, -0.2) is 30.7 Å². The van der Waals surface area contributed by atoms with Crippen molar-refractivity contribution in [2.45, 2.75) is 6.42 Å². The van der Waals surface area contributed by atoms with Crippen LogP contribution in [0.4, 0.5) is 0 Å². The largest absolute Gasteiger partial charge is 0.355 e. The highest BCUT2D eigenvalue weighted by Gasteiger charge is 2.14. The van der Waals surface area contributed by atoms with Gasteiger partial charge in [0.1, 0.15) is 0 Å². The first-order valence-corrected chi connectivity index (χ1v) is 7.49. The summed E-state index contributed by atoms with van der Waals surface area (Å²) in [5.41, 5.74) is 2.29. The van der Waals surface area contributed by atoms with Crippen molar-refractivity contribution in [2.75, 3.05) is 19.6 Å². The van der Waals surface area contributed by atoms with Crippen LogP contribution in [0, 0.1) is 0 Å². The maximum absolute atomic E-state index is 12.1. The van der Waals surface area contributed by atoms with Crippen LogP contribution in [0.25, 0.3) is 11.3 Å². The molecule has 0 atom stereocenters. The van der Waals surface area contributed by atoms with Crippen LogP contribution in [0.5, 0.6) is 0 Å². The van der Waals surface area contributed by atoms with Crippen molar-refractivity contribution < 1.29 is 9.32 Å². The number of halogens is 1. The van der Waals surface area contributed by atoms with Crippen molar-refractivity contribution in [3.05, 3.63) is 52.7 Å². The first-order valence-electron chi connectivity index (χ1n) is 7.12. The Hall–Kier alpha value is -2.11. The van der Waals surface area contributed by atoms with E-state index in [1.54, 1.807) is 18.2 Å². The number of nitrogens with zero attached hydrogens (tertiary/aromatic N) is 1. The third-order valence-electron chi connectivity index (χ3n) is 3.49. The molecule has 2 heterocycles. The fourth-order valence-corrected chi connectivity index (χ4v) is 2.46. The third-order valence-corrected chi connectivity index (χ3v) is 3.72. The summed E-state index contributed by atoms with van der Waals surface area (Å²) < 4.78 is 5.22. The standard InChI is InChI=1S/C16H16ClN3O2/c17-13-3-1-2-12(8-13)15-9-14(20-22-15)16(21)19-10-11-4-6-18-7-5-11/h1-4,8-9,18H,5-7,10H2,(H,19,21). The van der Waals surface area contributed by atoms with Gasteiger partial charge in [-0.3, -0.25) is 4.79 Å². The number of benzene rings is 1. The number of amides is 1. The van der Waals surface area contributed by atoms with Crippen LogP contribution < -0.4 is 10.6 Å². The van der Waals surface area contributed by atoms with Gasteiger partial charge in [-0.2, -0.15) is 0 Å². The van der Waals surface area contributed by atoms with Crippen molar-refractivity contribution in [3.63, 3.8) is 0 Å². The van der Waals surface area contributed by atoms with Crippen molar-refractivity contribution in [1.29, 1.82) is 0 Å². The van der Waals surface area contributed by atoms with E-state index in [4.69, 9.17) is 16.1 Å². The summed E-state index contributed by atoms with van der Waals surface area (Å²) in [5, 5.41) is 10.5. The molecule has 0 saturated carbocycles. The van der Waals surface area contributed by atoms with E-state index in [2.05, 4.69) is 21.9 Å². The van der Waals surface area contributed by atoms with E-state index in [1.807, 2.05) is 12.1 Å². The molecule has 0 fully saturated rings. The molecule has 2 N–H and O–H groups in total. The number of carbonyl (C=O) groups excluding carboxylic acids is 1. The van der Waals surface area contributed by atoms with E-state index in [1.165, 1.54) is 5.57 Å². The summed E-state index contributed by atoms with van der Waals surface area (Å²) in [7, 11) is 0. The van der Waals surface area contributed by atoms with Gasteiger partial charge in [0.25, 0.3) is 5.91 Å². The fraction of sp³-hybridized carbons (Fsp3) is 0.250. The maximum atomic E-state index is 12.1. The minimum absolute atomic E-state index is 0.239. The quantitative estimate of drug-likeness (QED) is 0.851. The van der Waals surface area contributed by atoms with E-state index in [0.29, 0.717) is 17.3 Å². The van der Waals surface area contributed by atoms with Crippen LogP contribution >= 0.6 is 11.6 Å². The summed E-state index contributed by atoms with van der Waals surface area (Å²) in [6.45, 7) is 2.35. The van der Waals surface area contributed by atoms with Crippen LogP contribution in [-0.2, 0) is 0 Å². The van der Waals surface area contributed by atoms with E-state index >= 15 is 0 Å². The Morgan fingerprint density at radius 1 is 1.41 bits per heavy atom. The molecule has 2 aromatic rings. The Morgan fingerprint density at radius 3 is 3.09 bits per heavy atom. The number of nitrogens with one attached hydrogen (secondary N) is 2. The molecule has 1 aromatic heterocycles. The van der Waals surface area contributed by atoms with Crippen molar-refractivity contribution in [3.8, 4) is 11.3 Å². The highest BCUT2D eigenvalue weighted by molar-refractivity contribution is 6.30. The lowest BCUT2D eigenvalue weighted by Gasteiger charge is -2.13. The lowest BCUT2D eigenvalue weighted by molar-refractivity contribution is 0.0947. The first-order chi connectivity index (χ1) is 10.7. The molecule has 0 radical (unpaired) electrons. The number of carbonyl (C=O) groups is 1. The molecule has 1 aliphatic heterocycles. The monoisotopic (exact) mass is 317 g/mol. The molecule has 3 rings (SSSR count). The van der Waals surface area contributed by atoms with Crippen LogP contribution in [0.2, 0.25) is 5.02 Å². The summed E-state index contributed by atoms with van der Waals surface area (Å²) in [6, 6.07) is 8.85.